The van der Waals surface area contributed by atoms with Crippen molar-refractivity contribution < 1.29 is 14.4 Å². The molecule has 1 aromatic heterocycles. The molecule has 1 aliphatic heterocycles. The van der Waals surface area contributed by atoms with Crippen LogP contribution in [-0.4, -0.2) is 46.1 Å². The summed E-state index contributed by atoms with van der Waals surface area (Å²) in [6.45, 7) is 0.536. The number of Topliss-reactive ketones (excluding diaryl/α,β-unsaturated/α-hetero) is 1. The lowest BCUT2D eigenvalue weighted by molar-refractivity contribution is -0.126. The van der Waals surface area contributed by atoms with Gasteiger partial charge in [0.15, 0.2) is 0 Å². The molecule has 2 fully saturated rings. The Balaban J connectivity index is 1.44. The van der Waals surface area contributed by atoms with Gasteiger partial charge in [-0.2, -0.15) is 0 Å². The third-order valence-corrected chi connectivity index (χ3v) is 6.05. The van der Waals surface area contributed by atoms with Crippen LogP contribution in [0.3, 0.4) is 0 Å². The summed E-state index contributed by atoms with van der Waals surface area (Å²) in [4.78, 5) is 42.6. The minimum Gasteiger partial charge on any atom is -0.351 e. The van der Waals surface area contributed by atoms with Gasteiger partial charge in [-0.3, -0.25) is 14.4 Å². The first-order valence-corrected chi connectivity index (χ1v) is 10.2. The standard InChI is InChI=1S/C23H25N3O3/c1-2-17(13-16-8-5-11-21(16)27)24-22(28)20-10-6-12-26(20)23(29)19-14-15-7-3-4-9-18(15)25-19/h1,3-4,7,9,14,16-17,20,25H,5-6,8,10-13H2,(H,24,28)/t16-,17+,20-/m0/s1. The number of nitrogens with zero attached hydrogens (tertiary/aromatic N) is 1. The zero-order chi connectivity index (χ0) is 20.4. The predicted molar refractivity (Wildman–Crippen MR) is 110 cm³/mol. The summed E-state index contributed by atoms with van der Waals surface area (Å²) in [6, 6.07) is 8.49. The summed E-state index contributed by atoms with van der Waals surface area (Å²) in [7, 11) is 0. The molecule has 2 heterocycles. The van der Waals surface area contributed by atoms with Crippen molar-refractivity contribution in [3.63, 3.8) is 0 Å². The number of carbonyl (C=O) groups excluding carboxylic acids is 3. The van der Waals surface area contributed by atoms with Gasteiger partial charge in [-0.1, -0.05) is 24.1 Å². The fourth-order valence-electron chi connectivity index (χ4n) is 4.48. The molecule has 1 aliphatic carbocycles. The van der Waals surface area contributed by atoms with Gasteiger partial charge in [0.2, 0.25) is 5.91 Å². The number of ketones is 1. The van der Waals surface area contributed by atoms with E-state index >= 15 is 0 Å². The number of terminal acetylenes is 1. The van der Waals surface area contributed by atoms with Gasteiger partial charge in [0.1, 0.15) is 17.5 Å². The van der Waals surface area contributed by atoms with Gasteiger partial charge in [-0.15, -0.1) is 6.42 Å². The minimum atomic E-state index is -0.538. The van der Waals surface area contributed by atoms with E-state index in [4.69, 9.17) is 6.42 Å². The number of hydrogen-bond acceptors (Lipinski definition) is 3. The van der Waals surface area contributed by atoms with E-state index in [0.29, 0.717) is 31.5 Å². The van der Waals surface area contributed by atoms with Crippen molar-refractivity contribution in [1.82, 2.24) is 15.2 Å². The number of para-hydroxylation sites is 1. The molecule has 6 nitrogen and oxygen atoms in total. The molecule has 2 aliphatic rings. The third kappa shape index (κ3) is 3.91. The molecular weight excluding hydrogens is 366 g/mol. The highest BCUT2D eigenvalue weighted by molar-refractivity contribution is 6.00. The first-order valence-electron chi connectivity index (χ1n) is 10.2. The summed E-state index contributed by atoms with van der Waals surface area (Å²) >= 11 is 0. The van der Waals surface area contributed by atoms with Crippen LogP contribution < -0.4 is 5.32 Å². The Morgan fingerprint density at radius 3 is 2.83 bits per heavy atom. The van der Waals surface area contributed by atoms with Gasteiger partial charge in [-0.05, 0) is 44.2 Å². The number of H-pyrrole nitrogens is 1. The van der Waals surface area contributed by atoms with Gasteiger partial charge in [-0.25, -0.2) is 0 Å². The third-order valence-electron chi connectivity index (χ3n) is 6.05. The average Bonchev–Trinajstić information content (AvgIpc) is 3.46. The normalized spacial score (nSPS) is 22.6. The second-order valence-corrected chi connectivity index (χ2v) is 7.95. The molecule has 0 spiro atoms. The SMILES string of the molecule is C#C[C@H](C[C@@H]1CCCC1=O)NC(=O)[C@@H]1CCCN1C(=O)c1cc2ccccc2[nH]1. The molecule has 150 valence electrons. The molecule has 2 N–H and O–H groups in total. The molecule has 0 radical (unpaired) electrons. The molecule has 3 atom stereocenters. The Morgan fingerprint density at radius 1 is 1.28 bits per heavy atom. The highest BCUT2D eigenvalue weighted by Crippen LogP contribution is 2.26. The van der Waals surface area contributed by atoms with Crippen LogP contribution in [0.15, 0.2) is 30.3 Å². The van der Waals surface area contributed by atoms with E-state index < -0.39 is 12.1 Å². The summed E-state index contributed by atoms with van der Waals surface area (Å²) in [5, 5.41) is 3.85. The number of carbonyl (C=O) groups is 3. The molecule has 4 rings (SSSR count). The van der Waals surface area contributed by atoms with E-state index in [2.05, 4.69) is 16.2 Å². The van der Waals surface area contributed by atoms with Crippen molar-refractivity contribution in [2.24, 2.45) is 5.92 Å². The number of amides is 2. The Kier molecular flexibility index (Phi) is 5.39. The van der Waals surface area contributed by atoms with E-state index in [-0.39, 0.29) is 23.5 Å². The molecule has 1 aromatic carbocycles. The Bertz CT molecular complexity index is 954. The average molecular weight is 391 g/mol. The molecule has 1 saturated heterocycles. The number of aromatic amines is 1. The second kappa shape index (κ2) is 8.12. The lowest BCUT2D eigenvalue weighted by atomic mass is 9.97. The van der Waals surface area contributed by atoms with Crippen LogP contribution in [0.2, 0.25) is 0 Å². The molecule has 2 amide bonds. The number of rotatable bonds is 5. The largest absolute Gasteiger partial charge is 0.351 e. The van der Waals surface area contributed by atoms with E-state index in [1.54, 1.807) is 4.90 Å². The summed E-state index contributed by atoms with van der Waals surface area (Å²) in [6.07, 6.45) is 9.79. The van der Waals surface area contributed by atoms with Crippen LogP contribution in [0.4, 0.5) is 0 Å². The Hall–Kier alpha value is -3.07. The molecular formula is C23H25N3O3. The first-order chi connectivity index (χ1) is 14.1. The van der Waals surface area contributed by atoms with Gasteiger partial charge in [0, 0.05) is 29.8 Å². The van der Waals surface area contributed by atoms with E-state index in [1.807, 2.05) is 30.3 Å². The number of aromatic nitrogens is 1. The maximum atomic E-state index is 13.0. The summed E-state index contributed by atoms with van der Waals surface area (Å²) in [5.74, 6) is 2.36. The second-order valence-electron chi connectivity index (χ2n) is 7.95. The Morgan fingerprint density at radius 2 is 2.10 bits per heavy atom. The van der Waals surface area contributed by atoms with Gasteiger partial charge < -0.3 is 15.2 Å². The maximum absolute atomic E-state index is 13.0. The van der Waals surface area contributed by atoms with E-state index in [0.717, 1.165) is 30.2 Å². The number of fused-ring (bicyclic) bond motifs is 1. The molecule has 1 saturated carbocycles. The Labute approximate surface area is 170 Å². The minimum absolute atomic E-state index is 0.0657. The first kappa shape index (κ1) is 19.3. The lowest BCUT2D eigenvalue weighted by Gasteiger charge is -2.25. The number of nitrogens with one attached hydrogen (secondary N) is 2. The van der Waals surface area contributed by atoms with Crippen LogP contribution in [-0.2, 0) is 9.59 Å². The highest BCUT2D eigenvalue weighted by Gasteiger charge is 2.36. The predicted octanol–water partition coefficient (Wildman–Crippen LogP) is 2.65. The zero-order valence-electron chi connectivity index (χ0n) is 16.3. The fraction of sp³-hybridized carbons (Fsp3) is 0.435. The molecule has 29 heavy (non-hydrogen) atoms. The number of likely N-dealkylation sites (tertiary alicyclic amines) is 1. The number of benzene rings is 1. The van der Waals surface area contributed by atoms with Crippen LogP contribution in [0.25, 0.3) is 10.9 Å². The lowest BCUT2D eigenvalue weighted by Crippen LogP contribution is -2.49. The highest BCUT2D eigenvalue weighted by atomic mass is 16.2. The molecule has 0 bridgehead atoms. The van der Waals surface area contributed by atoms with Crippen molar-refractivity contribution in [1.29, 1.82) is 0 Å². The maximum Gasteiger partial charge on any atom is 0.270 e. The fourth-order valence-corrected chi connectivity index (χ4v) is 4.48. The van der Waals surface area contributed by atoms with E-state index in [9.17, 15) is 14.4 Å². The van der Waals surface area contributed by atoms with Gasteiger partial charge in [0.25, 0.3) is 5.91 Å². The van der Waals surface area contributed by atoms with Crippen molar-refractivity contribution in [2.45, 2.75) is 50.6 Å². The van der Waals surface area contributed by atoms with Crippen molar-refractivity contribution in [3.8, 4) is 12.3 Å². The summed E-state index contributed by atoms with van der Waals surface area (Å²) in [5.41, 5.74) is 1.38. The van der Waals surface area contributed by atoms with Gasteiger partial charge >= 0.3 is 0 Å². The molecule has 0 unspecified atom stereocenters. The van der Waals surface area contributed by atoms with Crippen molar-refractivity contribution >= 4 is 28.5 Å². The van der Waals surface area contributed by atoms with Gasteiger partial charge in [0.05, 0.1) is 6.04 Å². The van der Waals surface area contributed by atoms with Crippen molar-refractivity contribution in [3.05, 3.63) is 36.0 Å². The van der Waals surface area contributed by atoms with Crippen LogP contribution in [0.5, 0.6) is 0 Å². The molecule has 6 heteroatoms. The smallest absolute Gasteiger partial charge is 0.270 e. The van der Waals surface area contributed by atoms with Crippen LogP contribution >= 0.6 is 0 Å². The summed E-state index contributed by atoms with van der Waals surface area (Å²) < 4.78 is 0. The van der Waals surface area contributed by atoms with Crippen LogP contribution in [0, 0.1) is 18.3 Å². The van der Waals surface area contributed by atoms with Crippen molar-refractivity contribution in [2.75, 3.05) is 6.54 Å². The number of hydrogen-bond donors (Lipinski definition) is 2. The molecule has 2 aromatic rings. The topological polar surface area (TPSA) is 82.3 Å². The monoisotopic (exact) mass is 391 g/mol. The zero-order valence-corrected chi connectivity index (χ0v) is 16.3. The van der Waals surface area contributed by atoms with Crippen LogP contribution in [0.1, 0.15) is 49.0 Å². The van der Waals surface area contributed by atoms with E-state index in [1.165, 1.54) is 0 Å². The quantitative estimate of drug-likeness (QED) is 0.769.